The molecule has 2 aromatic rings. The van der Waals surface area contributed by atoms with Crippen LogP contribution < -0.4 is 11.1 Å². The summed E-state index contributed by atoms with van der Waals surface area (Å²) in [4.78, 5) is 11.1. The molecule has 100 valence electrons. The van der Waals surface area contributed by atoms with Crippen LogP contribution in [-0.4, -0.2) is 5.91 Å². The number of hydrogen-bond acceptors (Lipinski definition) is 3. The third-order valence-corrected chi connectivity index (χ3v) is 3.29. The Morgan fingerprint density at radius 2 is 2.10 bits per heavy atom. The van der Waals surface area contributed by atoms with Crippen LogP contribution in [0.2, 0.25) is 0 Å². The van der Waals surface area contributed by atoms with Crippen molar-refractivity contribution in [1.82, 2.24) is 0 Å². The van der Waals surface area contributed by atoms with E-state index < -0.39 is 5.91 Å². The first-order valence-electron chi connectivity index (χ1n) is 5.92. The molecule has 0 radical (unpaired) electrons. The Labute approximate surface area is 125 Å². The van der Waals surface area contributed by atoms with E-state index in [0.29, 0.717) is 17.7 Å². The highest BCUT2D eigenvalue weighted by Crippen LogP contribution is 2.21. The number of nitrogens with one attached hydrogen (secondary N) is 1. The smallest absolute Gasteiger partial charge is 0.248 e. The van der Waals surface area contributed by atoms with Crippen molar-refractivity contribution in [3.05, 3.63) is 63.6 Å². The molecule has 0 aliphatic carbocycles. The van der Waals surface area contributed by atoms with Crippen molar-refractivity contribution in [2.24, 2.45) is 5.73 Å². The maximum atomic E-state index is 11.1. The molecule has 0 aliphatic heterocycles. The number of nitrogens with zero attached hydrogens (tertiary/aromatic N) is 1. The van der Waals surface area contributed by atoms with Gasteiger partial charge in [0.2, 0.25) is 5.91 Å². The summed E-state index contributed by atoms with van der Waals surface area (Å²) in [5.74, 6) is -0.451. The first-order valence-corrected chi connectivity index (χ1v) is 6.71. The van der Waals surface area contributed by atoms with Gasteiger partial charge in [0.25, 0.3) is 0 Å². The Balaban J connectivity index is 2.15. The molecule has 5 heteroatoms. The zero-order chi connectivity index (χ0) is 14.5. The summed E-state index contributed by atoms with van der Waals surface area (Å²) >= 11 is 3.33. The lowest BCUT2D eigenvalue weighted by Crippen LogP contribution is -2.11. The van der Waals surface area contributed by atoms with E-state index >= 15 is 0 Å². The lowest BCUT2D eigenvalue weighted by Gasteiger charge is -2.09. The quantitative estimate of drug-likeness (QED) is 0.904. The van der Waals surface area contributed by atoms with Crippen molar-refractivity contribution in [2.75, 3.05) is 5.32 Å². The van der Waals surface area contributed by atoms with Gasteiger partial charge < -0.3 is 11.1 Å². The van der Waals surface area contributed by atoms with Crippen LogP contribution in [0.1, 0.15) is 21.5 Å². The van der Waals surface area contributed by atoms with Crippen molar-refractivity contribution in [3.63, 3.8) is 0 Å². The van der Waals surface area contributed by atoms with Gasteiger partial charge in [0, 0.05) is 16.6 Å². The predicted octanol–water partition coefficient (Wildman–Crippen LogP) is 3.03. The molecule has 1 amide bonds. The standard InChI is InChI=1S/C15H12BrN3O/c16-13-4-5-14(12(7-13)8-17)19-9-10-2-1-3-11(6-10)15(18)20/h1-7,19H,9H2,(H2,18,20). The number of nitriles is 1. The van der Waals surface area contributed by atoms with Crippen molar-refractivity contribution in [3.8, 4) is 6.07 Å². The second kappa shape index (κ2) is 6.22. The van der Waals surface area contributed by atoms with Gasteiger partial charge in [-0.25, -0.2) is 0 Å². The molecular formula is C15H12BrN3O. The normalized spacial score (nSPS) is 9.80. The number of primary amides is 1. The van der Waals surface area contributed by atoms with E-state index in [4.69, 9.17) is 11.0 Å². The number of amides is 1. The van der Waals surface area contributed by atoms with Gasteiger partial charge in [0.05, 0.1) is 11.3 Å². The van der Waals surface area contributed by atoms with Crippen molar-refractivity contribution < 1.29 is 4.79 Å². The molecule has 0 aromatic heterocycles. The van der Waals surface area contributed by atoms with Gasteiger partial charge in [-0.1, -0.05) is 28.1 Å². The number of nitrogens with two attached hydrogens (primary N) is 1. The van der Waals surface area contributed by atoms with E-state index in [1.165, 1.54) is 0 Å². The average molecular weight is 330 g/mol. The predicted molar refractivity (Wildman–Crippen MR) is 81.1 cm³/mol. The third-order valence-electron chi connectivity index (χ3n) is 2.80. The van der Waals surface area contributed by atoms with Crippen LogP contribution in [0.5, 0.6) is 0 Å². The summed E-state index contributed by atoms with van der Waals surface area (Å²) in [5.41, 5.74) is 7.95. The molecule has 0 saturated heterocycles. The molecule has 3 N–H and O–H groups in total. The van der Waals surface area contributed by atoms with Crippen molar-refractivity contribution >= 4 is 27.5 Å². The van der Waals surface area contributed by atoms with Gasteiger partial charge in [-0.15, -0.1) is 0 Å². The Morgan fingerprint density at radius 1 is 1.30 bits per heavy atom. The Hall–Kier alpha value is -2.32. The van der Waals surface area contributed by atoms with E-state index in [1.807, 2.05) is 18.2 Å². The number of anilines is 1. The summed E-state index contributed by atoms with van der Waals surface area (Å²) in [5, 5.41) is 12.3. The molecule has 0 heterocycles. The largest absolute Gasteiger partial charge is 0.380 e. The second-order valence-corrected chi connectivity index (χ2v) is 5.14. The monoisotopic (exact) mass is 329 g/mol. The van der Waals surface area contributed by atoms with Gasteiger partial charge in [-0.3, -0.25) is 4.79 Å². The van der Waals surface area contributed by atoms with Crippen LogP contribution in [-0.2, 0) is 6.54 Å². The molecular weight excluding hydrogens is 318 g/mol. The summed E-state index contributed by atoms with van der Waals surface area (Å²) in [6.07, 6.45) is 0. The highest BCUT2D eigenvalue weighted by atomic mass is 79.9. The van der Waals surface area contributed by atoms with Gasteiger partial charge in [-0.2, -0.15) is 5.26 Å². The highest BCUT2D eigenvalue weighted by Gasteiger charge is 2.04. The van der Waals surface area contributed by atoms with Gasteiger partial charge in [0.1, 0.15) is 6.07 Å². The van der Waals surface area contributed by atoms with Gasteiger partial charge in [0.15, 0.2) is 0 Å². The number of rotatable bonds is 4. The number of carbonyl (C=O) groups is 1. The van der Waals surface area contributed by atoms with E-state index in [9.17, 15) is 4.79 Å². The van der Waals surface area contributed by atoms with Gasteiger partial charge in [-0.05, 0) is 35.9 Å². The highest BCUT2D eigenvalue weighted by molar-refractivity contribution is 9.10. The maximum absolute atomic E-state index is 11.1. The molecule has 0 saturated carbocycles. The minimum absolute atomic E-state index is 0.451. The zero-order valence-corrected chi connectivity index (χ0v) is 12.1. The fourth-order valence-electron chi connectivity index (χ4n) is 1.79. The third kappa shape index (κ3) is 3.37. The minimum atomic E-state index is -0.451. The molecule has 0 atom stereocenters. The molecule has 2 aromatic carbocycles. The van der Waals surface area contributed by atoms with E-state index in [0.717, 1.165) is 15.7 Å². The molecule has 20 heavy (non-hydrogen) atoms. The first-order chi connectivity index (χ1) is 9.60. The number of carbonyl (C=O) groups excluding carboxylic acids is 1. The average Bonchev–Trinajstić information content (AvgIpc) is 2.46. The van der Waals surface area contributed by atoms with Crippen LogP contribution in [0.4, 0.5) is 5.69 Å². The lowest BCUT2D eigenvalue weighted by molar-refractivity contribution is 0.1000. The summed E-state index contributed by atoms with van der Waals surface area (Å²) in [7, 11) is 0. The van der Waals surface area contributed by atoms with Crippen LogP contribution >= 0.6 is 15.9 Å². The minimum Gasteiger partial charge on any atom is -0.380 e. The maximum Gasteiger partial charge on any atom is 0.248 e. The fraction of sp³-hybridized carbons (Fsp3) is 0.0667. The number of halogens is 1. The Bertz CT molecular complexity index is 692. The zero-order valence-electron chi connectivity index (χ0n) is 10.6. The summed E-state index contributed by atoms with van der Waals surface area (Å²) < 4.78 is 0.857. The fourth-order valence-corrected chi connectivity index (χ4v) is 2.16. The molecule has 0 spiro atoms. The van der Waals surface area contributed by atoms with Crippen LogP contribution in [0.15, 0.2) is 46.9 Å². The number of hydrogen-bond donors (Lipinski definition) is 2. The molecule has 0 bridgehead atoms. The molecule has 0 fully saturated rings. The SMILES string of the molecule is N#Cc1cc(Br)ccc1NCc1cccc(C(N)=O)c1. The molecule has 4 nitrogen and oxygen atoms in total. The lowest BCUT2D eigenvalue weighted by atomic mass is 10.1. The second-order valence-electron chi connectivity index (χ2n) is 4.22. The van der Waals surface area contributed by atoms with Crippen molar-refractivity contribution in [1.29, 1.82) is 5.26 Å². The molecule has 2 rings (SSSR count). The van der Waals surface area contributed by atoms with Crippen LogP contribution in [0.3, 0.4) is 0 Å². The molecule has 0 aliphatic rings. The van der Waals surface area contributed by atoms with Gasteiger partial charge >= 0.3 is 0 Å². The van der Waals surface area contributed by atoms with Crippen molar-refractivity contribution in [2.45, 2.75) is 6.54 Å². The Morgan fingerprint density at radius 3 is 2.80 bits per heavy atom. The Kier molecular flexibility index (Phi) is 4.38. The summed E-state index contributed by atoms with van der Waals surface area (Å²) in [6, 6.07) is 14.7. The van der Waals surface area contributed by atoms with E-state index in [2.05, 4.69) is 27.3 Å². The van der Waals surface area contributed by atoms with Crippen LogP contribution in [0, 0.1) is 11.3 Å². The topological polar surface area (TPSA) is 78.9 Å². The summed E-state index contributed by atoms with van der Waals surface area (Å²) in [6.45, 7) is 0.511. The molecule has 0 unspecified atom stereocenters. The van der Waals surface area contributed by atoms with E-state index in [1.54, 1.807) is 24.3 Å². The number of benzene rings is 2. The first kappa shape index (κ1) is 14.1. The van der Waals surface area contributed by atoms with Crippen LogP contribution in [0.25, 0.3) is 0 Å². The van der Waals surface area contributed by atoms with E-state index in [-0.39, 0.29) is 0 Å².